The second kappa shape index (κ2) is 6.80. The fraction of sp³-hybridized carbons (Fsp3) is 0.500. The number of methoxy groups -OCH3 is 1. The van der Waals surface area contributed by atoms with Crippen LogP contribution in [0.2, 0.25) is 0 Å². The number of nitrogens with one attached hydrogen (secondary N) is 1. The molecule has 0 amide bonds. The summed E-state index contributed by atoms with van der Waals surface area (Å²) in [5.74, 6) is -1.64. The van der Waals surface area contributed by atoms with Crippen LogP contribution < -0.4 is 11.2 Å². The zero-order valence-corrected chi connectivity index (χ0v) is 12.5. The van der Waals surface area contributed by atoms with Crippen LogP contribution in [-0.2, 0) is 16.1 Å². The Morgan fingerprint density at radius 3 is 2.74 bits per heavy atom. The number of aliphatic hydroxyl groups is 3. The van der Waals surface area contributed by atoms with Crippen LogP contribution in [0, 0.1) is 0 Å². The molecule has 0 saturated carbocycles. The molecule has 0 fully saturated rings. The van der Waals surface area contributed by atoms with Gasteiger partial charge in [-0.3, -0.25) is 19.1 Å². The van der Waals surface area contributed by atoms with E-state index < -0.39 is 35.8 Å². The first-order valence-corrected chi connectivity index (χ1v) is 6.99. The molecule has 23 heavy (non-hydrogen) atoms. The maximum absolute atomic E-state index is 12.0. The van der Waals surface area contributed by atoms with E-state index in [0.29, 0.717) is 0 Å². The largest absolute Gasteiger partial charge is 0.509 e. The summed E-state index contributed by atoms with van der Waals surface area (Å²) in [5.41, 5.74) is -1.03. The fourth-order valence-corrected chi connectivity index (χ4v) is 2.58. The molecule has 2 rings (SSSR count). The molecule has 4 N–H and O–H groups in total. The first-order chi connectivity index (χ1) is 10.9. The Hall–Kier alpha value is -2.39. The molecule has 1 unspecified atom stereocenters. The van der Waals surface area contributed by atoms with Crippen LogP contribution in [-0.4, -0.2) is 50.7 Å². The van der Waals surface area contributed by atoms with Crippen LogP contribution >= 0.6 is 0 Å². The van der Waals surface area contributed by atoms with Gasteiger partial charge in [0.05, 0.1) is 20.1 Å². The Bertz CT molecular complexity index is 746. The SMILES string of the molecule is COC(=O)CCn1cc([C@@H]2CC(CO)=C(O)C2O)c(=O)[nH]c1=O. The van der Waals surface area contributed by atoms with E-state index in [1.807, 2.05) is 0 Å². The molecule has 0 saturated heterocycles. The van der Waals surface area contributed by atoms with Crippen molar-refractivity contribution in [2.45, 2.75) is 31.4 Å². The third kappa shape index (κ3) is 3.35. The number of nitrogens with zero attached hydrogens (tertiary/aromatic N) is 1. The van der Waals surface area contributed by atoms with Crippen molar-refractivity contribution in [2.24, 2.45) is 0 Å². The van der Waals surface area contributed by atoms with E-state index in [-0.39, 0.29) is 36.3 Å². The Kier molecular flexibility index (Phi) is 5.02. The minimum Gasteiger partial charge on any atom is -0.509 e. The van der Waals surface area contributed by atoms with Gasteiger partial charge in [-0.1, -0.05) is 0 Å². The van der Waals surface area contributed by atoms with Crippen LogP contribution in [0.3, 0.4) is 0 Å². The highest BCUT2D eigenvalue weighted by atomic mass is 16.5. The molecule has 2 atom stereocenters. The topological polar surface area (TPSA) is 142 Å². The predicted molar refractivity (Wildman–Crippen MR) is 78.1 cm³/mol. The predicted octanol–water partition coefficient (Wildman–Crippen LogP) is -1.25. The van der Waals surface area contributed by atoms with Gasteiger partial charge in [-0.2, -0.15) is 0 Å². The Morgan fingerprint density at radius 2 is 2.17 bits per heavy atom. The first-order valence-electron chi connectivity index (χ1n) is 6.99. The van der Waals surface area contributed by atoms with E-state index >= 15 is 0 Å². The van der Waals surface area contributed by atoms with Crippen molar-refractivity contribution in [3.05, 3.63) is 43.9 Å². The van der Waals surface area contributed by atoms with E-state index in [1.165, 1.54) is 13.3 Å². The Labute approximate surface area is 130 Å². The van der Waals surface area contributed by atoms with Gasteiger partial charge < -0.3 is 20.1 Å². The van der Waals surface area contributed by atoms with Gasteiger partial charge in [0.25, 0.3) is 5.56 Å². The summed E-state index contributed by atoms with van der Waals surface area (Å²) in [4.78, 5) is 37.0. The van der Waals surface area contributed by atoms with Gasteiger partial charge in [0.2, 0.25) is 0 Å². The van der Waals surface area contributed by atoms with Crippen molar-refractivity contribution in [1.82, 2.24) is 9.55 Å². The van der Waals surface area contributed by atoms with E-state index in [0.717, 1.165) is 4.57 Å². The zero-order valence-electron chi connectivity index (χ0n) is 12.5. The monoisotopic (exact) mass is 326 g/mol. The second-order valence-electron chi connectivity index (χ2n) is 5.27. The number of hydrogen-bond donors (Lipinski definition) is 4. The van der Waals surface area contributed by atoms with Crippen LogP contribution in [0.15, 0.2) is 27.1 Å². The number of ether oxygens (including phenoxy) is 1. The summed E-state index contributed by atoms with van der Waals surface area (Å²) in [6.45, 7) is -0.427. The van der Waals surface area contributed by atoms with Crippen molar-refractivity contribution in [2.75, 3.05) is 13.7 Å². The van der Waals surface area contributed by atoms with Crippen LogP contribution in [0.1, 0.15) is 24.3 Å². The quantitative estimate of drug-likeness (QED) is 0.495. The molecule has 1 heterocycles. The van der Waals surface area contributed by atoms with Gasteiger partial charge in [-0.25, -0.2) is 4.79 Å². The number of hydrogen-bond acceptors (Lipinski definition) is 7. The molecule has 0 radical (unpaired) electrons. The molecular formula is C14H18N2O7. The Morgan fingerprint density at radius 1 is 1.48 bits per heavy atom. The molecular weight excluding hydrogens is 308 g/mol. The number of aromatic amines is 1. The summed E-state index contributed by atoms with van der Waals surface area (Å²) >= 11 is 0. The van der Waals surface area contributed by atoms with Gasteiger partial charge in [-0.05, 0) is 12.0 Å². The summed E-state index contributed by atoms with van der Waals surface area (Å²) < 4.78 is 5.62. The molecule has 0 bridgehead atoms. The molecule has 126 valence electrons. The number of aliphatic hydroxyl groups excluding tert-OH is 3. The Balaban J connectivity index is 2.32. The number of aryl methyl sites for hydroxylation is 1. The molecule has 9 nitrogen and oxygen atoms in total. The van der Waals surface area contributed by atoms with Gasteiger partial charge in [0.1, 0.15) is 11.9 Å². The van der Waals surface area contributed by atoms with Crippen molar-refractivity contribution in [3.8, 4) is 0 Å². The van der Waals surface area contributed by atoms with Crippen LogP contribution in [0.25, 0.3) is 0 Å². The van der Waals surface area contributed by atoms with E-state index in [1.54, 1.807) is 0 Å². The first kappa shape index (κ1) is 17.0. The number of aromatic nitrogens is 2. The highest BCUT2D eigenvalue weighted by Gasteiger charge is 2.36. The lowest BCUT2D eigenvalue weighted by Gasteiger charge is -2.16. The maximum atomic E-state index is 12.0. The van der Waals surface area contributed by atoms with E-state index in [2.05, 4.69) is 9.72 Å². The number of carbonyl (C=O) groups excluding carboxylic acids is 1. The molecule has 1 aliphatic rings. The maximum Gasteiger partial charge on any atom is 0.328 e. The van der Waals surface area contributed by atoms with Crippen molar-refractivity contribution in [3.63, 3.8) is 0 Å². The van der Waals surface area contributed by atoms with E-state index in [4.69, 9.17) is 5.11 Å². The summed E-state index contributed by atoms with van der Waals surface area (Å²) in [6, 6.07) is 0. The van der Waals surface area contributed by atoms with Crippen molar-refractivity contribution >= 4 is 5.97 Å². The third-order valence-electron chi connectivity index (χ3n) is 3.90. The third-order valence-corrected chi connectivity index (χ3v) is 3.90. The standard InChI is InChI=1S/C14H18N2O7/c1-23-10(18)2-3-16-5-9(13(21)15-14(16)22)8-4-7(6-17)11(19)12(8)20/h5,8,12,17,19-20H,2-4,6H2,1H3,(H,15,21,22)/t8-,12?/m0/s1. The van der Waals surface area contributed by atoms with Gasteiger partial charge in [0, 0.05) is 24.2 Å². The second-order valence-corrected chi connectivity index (χ2v) is 5.27. The number of H-pyrrole nitrogens is 1. The van der Waals surface area contributed by atoms with Gasteiger partial charge in [-0.15, -0.1) is 0 Å². The zero-order chi connectivity index (χ0) is 17.1. The van der Waals surface area contributed by atoms with Gasteiger partial charge in [0.15, 0.2) is 0 Å². The van der Waals surface area contributed by atoms with Gasteiger partial charge >= 0.3 is 11.7 Å². The van der Waals surface area contributed by atoms with E-state index in [9.17, 15) is 24.6 Å². The summed E-state index contributed by atoms with van der Waals surface area (Å²) in [6.07, 6.45) is -0.0294. The lowest BCUT2D eigenvalue weighted by atomic mass is 9.96. The fourth-order valence-electron chi connectivity index (χ4n) is 2.58. The minimum atomic E-state index is -1.33. The molecule has 0 spiro atoms. The molecule has 1 aromatic heterocycles. The molecule has 1 aliphatic carbocycles. The summed E-state index contributed by atoms with van der Waals surface area (Å²) in [7, 11) is 1.23. The average molecular weight is 326 g/mol. The lowest BCUT2D eigenvalue weighted by Crippen LogP contribution is -2.34. The highest BCUT2D eigenvalue weighted by molar-refractivity contribution is 5.68. The number of esters is 1. The smallest absolute Gasteiger partial charge is 0.328 e. The normalized spacial score (nSPS) is 20.8. The molecule has 9 heteroatoms. The molecule has 1 aromatic rings. The molecule has 0 aromatic carbocycles. The number of rotatable bonds is 5. The van der Waals surface area contributed by atoms with Crippen LogP contribution in [0.5, 0.6) is 0 Å². The lowest BCUT2D eigenvalue weighted by molar-refractivity contribution is -0.140. The molecule has 0 aliphatic heterocycles. The van der Waals surface area contributed by atoms with Crippen molar-refractivity contribution in [1.29, 1.82) is 0 Å². The number of carbonyl (C=O) groups is 1. The minimum absolute atomic E-state index is 0.00434. The average Bonchev–Trinajstić information content (AvgIpc) is 2.81. The highest BCUT2D eigenvalue weighted by Crippen LogP contribution is 2.36. The van der Waals surface area contributed by atoms with Crippen molar-refractivity contribution < 1.29 is 24.9 Å². The van der Waals surface area contributed by atoms with Crippen LogP contribution in [0.4, 0.5) is 0 Å². The summed E-state index contributed by atoms with van der Waals surface area (Å²) in [5, 5.41) is 28.9.